The molecule has 0 radical (unpaired) electrons. The lowest BCUT2D eigenvalue weighted by atomic mass is 9.95. The Morgan fingerprint density at radius 3 is 2.61 bits per heavy atom. The number of amides is 3. The fourth-order valence-corrected chi connectivity index (χ4v) is 4.66. The zero-order valence-corrected chi connectivity index (χ0v) is 19.0. The second-order valence-electron chi connectivity index (χ2n) is 8.37. The zero-order valence-electron chi connectivity index (χ0n) is 19.0. The van der Waals surface area contributed by atoms with Crippen molar-refractivity contribution in [2.24, 2.45) is 0 Å². The van der Waals surface area contributed by atoms with Crippen molar-refractivity contribution in [3.63, 3.8) is 0 Å². The van der Waals surface area contributed by atoms with Gasteiger partial charge in [0.05, 0.1) is 11.4 Å². The summed E-state index contributed by atoms with van der Waals surface area (Å²) in [7, 11) is 0. The van der Waals surface area contributed by atoms with Crippen molar-refractivity contribution in [3.8, 4) is 0 Å². The summed E-state index contributed by atoms with van der Waals surface area (Å²) in [4.78, 5) is 44.5. The molecule has 2 heterocycles. The van der Waals surface area contributed by atoms with Gasteiger partial charge in [0.2, 0.25) is 11.8 Å². The van der Waals surface area contributed by atoms with Gasteiger partial charge in [-0.15, -0.1) is 0 Å². The van der Waals surface area contributed by atoms with Crippen LogP contribution in [0.1, 0.15) is 43.5 Å². The van der Waals surface area contributed by atoms with Crippen LogP contribution in [0.4, 0.5) is 21.5 Å². The lowest BCUT2D eigenvalue weighted by molar-refractivity contribution is -0.123. The summed E-state index contributed by atoms with van der Waals surface area (Å²) in [5.74, 6) is -1.14. The van der Waals surface area contributed by atoms with Crippen molar-refractivity contribution >= 4 is 34.8 Å². The average molecular weight is 453 g/mol. The molecule has 3 amide bonds. The summed E-state index contributed by atoms with van der Waals surface area (Å²) in [5, 5.41) is 2.67. The smallest absolute Gasteiger partial charge is 0.253 e. The van der Waals surface area contributed by atoms with Crippen LogP contribution in [-0.2, 0) is 9.59 Å². The Morgan fingerprint density at radius 1 is 1.09 bits per heavy atom. The molecule has 4 rings (SSSR count). The number of nitrogens with zero attached hydrogens (tertiary/aromatic N) is 3. The highest BCUT2D eigenvalue weighted by atomic mass is 19.1. The van der Waals surface area contributed by atoms with Gasteiger partial charge in [0.1, 0.15) is 18.4 Å². The van der Waals surface area contributed by atoms with Gasteiger partial charge in [-0.25, -0.2) is 4.39 Å². The molecule has 0 aliphatic carbocycles. The van der Waals surface area contributed by atoms with Crippen molar-refractivity contribution in [2.75, 3.05) is 41.3 Å². The normalized spacial score (nSPS) is 17.3. The second-order valence-corrected chi connectivity index (χ2v) is 8.37. The maximum absolute atomic E-state index is 13.5. The second kappa shape index (κ2) is 9.60. The van der Waals surface area contributed by atoms with Gasteiger partial charge in [0.15, 0.2) is 0 Å². The molecule has 174 valence electrons. The van der Waals surface area contributed by atoms with Crippen LogP contribution in [0.25, 0.3) is 0 Å². The van der Waals surface area contributed by atoms with Gasteiger partial charge >= 0.3 is 0 Å². The fraction of sp³-hybridized carbons (Fsp3) is 0.400. The molecule has 1 fully saturated rings. The molecular formula is C25H29FN4O3. The van der Waals surface area contributed by atoms with E-state index < -0.39 is 11.7 Å². The molecule has 2 aromatic rings. The first-order chi connectivity index (χ1) is 15.9. The number of halogens is 1. The summed E-state index contributed by atoms with van der Waals surface area (Å²) in [5.41, 5.74) is 2.23. The van der Waals surface area contributed by atoms with Crippen LogP contribution in [-0.4, -0.2) is 54.8 Å². The maximum atomic E-state index is 13.5. The lowest BCUT2D eigenvalue weighted by Gasteiger charge is -2.45. The number of piperidine rings is 1. The van der Waals surface area contributed by atoms with Crippen molar-refractivity contribution in [1.29, 1.82) is 0 Å². The Labute approximate surface area is 193 Å². The van der Waals surface area contributed by atoms with E-state index in [2.05, 4.69) is 10.2 Å². The molecule has 0 spiro atoms. The third-order valence-electron chi connectivity index (χ3n) is 6.34. The number of carbonyl (C=O) groups excluding carboxylic acids is 3. The van der Waals surface area contributed by atoms with E-state index in [1.807, 2.05) is 19.9 Å². The summed E-state index contributed by atoms with van der Waals surface area (Å²) in [6, 6.07) is 10.7. The van der Waals surface area contributed by atoms with Gasteiger partial charge in [0.25, 0.3) is 5.91 Å². The van der Waals surface area contributed by atoms with Gasteiger partial charge in [-0.05, 0) is 69.5 Å². The fourth-order valence-electron chi connectivity index (χ4n) is 4.66. The van der Waals surface area contributed by atoms with Gasteiger partial charge < -0.3 is 15.1 Å². The first kappa shape index (κ1) is 22.8. The monoisotopic (exact) mass is 452 g/mol. The minimum absolute atomic E-state index is 0.111. The molecule has 0 saturated carbocycles. The summed E-state index contributed by atoms with van der Waals surface area (Å²) >= 11 is 0. The van der Waals surface area contributed by atoms with Crippen LogP contribution in [0, 0.1) is 5.82 Å². The Morgan fingerprint density at radius 2 is 1.88 bits per heavy atom. The number of hydrogen-bond donors (Lipinski definition) is 1. The van der Waals surface area contributed by atoms with Crippen LogP contribution in [0.15, 0.2) is 42.5 Å². The first-order valence-corrected chi connectivity index (χ1v) is 11.5. The average Bonchev–Trinajstić information content (AvgIpc) is 2.82. The van der Waals surface area contributed by atoms with E-state index in [1.165, 1.54) is 23.1 Å². The minimum Gasteiger partial charge on any atom is -0.358 e. The number of nitrogens with one attached hydrogen (secondary N) is 1. The molecule has 1 N–H and O–H groups in total. The third-order valence-corrected chi connectivity index (χ3v) is 6.34. The third kappa shape index (κ3) is 4.55. The lowest BCUT2D eigenvalue weighted by Crippen LogP contribution is -2.56. The van der Waals surface area contributed by atoms with Crippen LogP contribution < -0.4 is 15.1 Å². The van der Waals surface area contributed by atoms with E-state index in [9.17, 15) is 18.8 Å². The maximum Gasteiger partial charge on any atom is 0.253 e. The number of fused-ring (bicyclic) bond motifs is 3. The molecule has 0 aromatic heterocycles. The summed E-state index contributed by atoms with van der Waals surface area (Å²) in [6.45, 7) is 5.56. The van der Waals surface area contributed by atoms with Crippen LogP contribution in [0.2, 0.25) is 0 Å². The first-order valence-electron chi connectivity index (χ1n) is 11.5. The Bertz CT molecular complexity index is 1070. The summed E-state index contributed by atoms with van der Waals surface area (Å²) < 4.78 is 13.5. The number of rotatable bonds is 6. The van der Waals surface area contributed by atoms with Gasteiger partial charge in [0, 0.05) is 30.9 Å². The number of benzene rings is 2. The van der Waals surface area contributed by atoms with Gasteiger partial charge in [-0.3, -0.25) is 19.3 Å². The molecule has 2 aromatic carbocycles. The quantitative estimate of drug-likeness (QED) is 0.726. The Balaban J connectivity index is 1.67. The molecule has 0 unspecified atom stereocenters. The predicted octanol–water partition coefficient (Wildman–Crippen LogP) is 3.65. The van der Waals surface area contributed by atoms with Crippen LogP contribution in [0.3, 0.4) is 0 Å². The van der Waals surface area contributed by atoms with Crippen molar-refractivity contribution in [1.82, 2.24) is 4.90 Å². The molecular weight excluding hydrogens is 423 g/mol. The SMILES string of the molecule is CCN(CC)C(=O)c1ccc2c(c1)N(CC(=O)Nc1cccc(F)c1)C(=O)[C@H]1CCCCN21. The number of carbonyl (C=O) groups is 3. The summed E-state index contributed by atoms with van der Waals surface area (Å²) in [6.07, 6.45) is 2.66. The van der Waals surface area contributed by atoms with Crippen LogP contribution >= 0.6 is 0 Å². The highest BCUT2D eigenvalue weighted by Crippen LogP contribution is 2.40. The highest BCUT2D eigenvalue weighted by molar-refractivity contribution is 6.11. The predicted molar refractivity (Wildman–Crippen MR) is 126 cm³/mol. The molecule has 33 heavy (non-hydrogen) atoms. The molecule has 2 aliphatic heterocycles. The van der Waals surface area contributed by atoms with Crippen molar-refractivity contribution in [3.05, 3.63) is 53.8 Å². The molecule has 0 bridgehead atoms. The molecule has 2 aliphatic rings. The van der Waals surface area contributed by atoms with E-state index in [0.29, 0.717) is 30.0 Å². The van der Waals surface area contributed by atoms with E-state index in [1.54, 1.807) is 23.1 Å². The van der Waals surface area contributed by atoms with Crippen molar-refractivity contribution < 1.29 is 18.8 Å². The number of hydrogen-bond acceptors (Lipinski definition) is 4. The highest BCUT2D eigenvalue weighted by Gasteiger charge is 2.40. The zero-order chi connectivity index (χ0) is 23.5. The number of anilines is 3. The Kier molecular flexibility index (Phi) is 6.62. The molecule has 1 saturated heterocycles. The van der Waals surface area contributed by atoms with Crippen LogP contribution in [0.5, 0.6) is 0 Å². The Hall–Kier alpha value is -3.42. The minimum atomic E-state index is -0.454. The topological polar surface area (TPSA) is 73.0 Å². The van der Waals surface area contributed by atoms with E-state index in [-0.39, 0.29) is 24.4 Å². The largest absolute Gasteiger partial charge is 0.358 e. The van der Waals surface area contributed by atoms with Crippen molar-refractivity contribution in [2.45, 2.75) is 39.2 Å². The standard InChI is InChI=1S/C25H29FN4O3/c1-3-28(4-2)24(32)17-11-12-20-22(14-17)30(25(33)21-10-5-6-13-29(20)21)16-23(31)27-19-9-7-8-18(26)15-19/h7-9,11-12,14-15,21H,3-6,10,13,16H2,1-2H3,(H,27,31)/t21-/m1/s1. The van der Waals surface area contributed by atoms with E-state index in [4.69, 9.17) is 0 Å². The van der Waals surface area contributed by atoms with E-state index in [0.717, 1.165) is 31.5 Å². The molecule has 8 heteroatoms. The van der Waals surface area contributed by atoms with Gasteiger partial charge in [-0.1, -0.05) is 6.07 Å². The molecule has 1 atom stereocenters. The van der Waals surface area contributed by atoms with E-state index >= 15 is 0 Å². The molecule has 7 nitrogen and oxygen atoms in total. The van der Waals surface area contributed by atoms with Gasteiger partial charge in [-0.2, -0.15) is 0 Å².